The number of nitrogens with two attached hydrogens (primary N) is 1. The second-order valence-corrected chi connectivity index (χ2v) is 11.2. The van der Waals surface area contributed by atoms with E-state index >= 15 is 0 Å². The Bertz CT molecular complexity index is 1470. The molecule has 9 heteroatoms. The molecular formula is C29H34N6O2S. The standard InChI is InChI=1S/C29H34N6O2S/c1-37-25-5-3-2-4-24(25)34-15-12-32(13-16-34)14-17-35-20-31-28-27(29(35)36)23-10-11-33(19-26(23)38-28)18-21-6-8-22(30)9-7-21/h2-9,20H,10-19,30H2,1H3. The Kier molecular flexibility index (Phi) is 7.06. The summed E-state index contributed by atoms with van der Waals surface area (Å²) in [6.45, 7) is 7.98. The van der Waals surface area contributed by atoms with Gasteiger partial charge in [-0.3, -0.25) is 19.2 Å². The molecule has 2 aliphatic rings. The van der Waals surface area contributed by atoms with E-state index in [2.05, 4.69) is 39.0 Å². The van der Waals surface area contributed by atoms with Gasteiger partial charge < -0.3 is 15.4 Å². The third-order valence-electron chi connectivity index (χ3n) is 7.75. The molecule has 4 aromatic rings. The molecule has 2 aromatic carbocycles. The Morgan fingerprint density at radius 2 is 1.76 bits per heavy atom. The first-order valence-electron chi connectivity index (χ1n) is 13.3. The first kappa shape index (κ1) is 24.9. The van der Waals surface area contributed by atoms with E-state index in [1.165, 1.54) is 16.0 Å². The summed E-state index contributed by atoms with van der Waals surface area (Å²) in [4.78, 5) is 27.6. The van der Waals surface area contributed by atoms with Crippen LogP contribution in [0.1, 0.15) is 16.0 Å². The number of nitrogen functional groups attached to an aromatic ring is 1. The normalized spacial score (nSPS) is 16.6. The van der Waals surface area contributed by atoms with Gasteiger partial charge in [0, 0.05) is 69.5 Å². The lowest BCUT2D eigenvalue weighted by atomic mass is 10.0. The van der Waals surface area contributed by atoms with Crippen LogP contribution in [0.25, 0.3) is 10.2 Å². The van der Waals surface area contributed by atoms with E-state index in [1.807, 2.05) is 28.8 Å². The van der Waals surface area contributed by atoms with Gasteiger partial charge in [-0.25, -0.2) is 4.98 Å². The largest absolute Gasteiger partial charge is 0.495 e. The van der Waals surface area contributed by atoms with Crippen molar-refractivity contribution in [3.63, 3.8) is 0 Å². The summed E-state index contributed by atoms with van der Waals surface area (Å²) in [5, 5.41) is 0.834. The van der Waals surface area contributed by atoms with Crippen LogP contribution in [0.5, 0.6) is 5.75 Å². The molecule has 1 saturated heterocycles. The number of aromatic nitrogens is 2. The van der Waals surface area contributed by atoms with Gasteiger partial charge in [0.15, 0.2) is 0 Å². The summed E-state index contributed by atoms with van der Waals surface area (Å²) in [6.07, 6.45) is 2.62. The third kappa shape index (κ3) is 5.01. The van der Waals surface area contributed by atoms with E-state index in [9.17, 15) is 4.79 Å². The van der Waals surface area contributed by atoms with E-state index in [0.717, 1.165) is 86.1 Å². The van der Waals surface area contributed by atoms with Crippen LogP contribution in [0.2, 0.25) is 0 Å². The maximum absolute atomic E-state index is 13.5. The zero-order chi connectivity index (χ0) is 26.1. The van der Waals surface area contributed by atoms with Crippen LogP contribution < -0.4 is 20.9 Å². The van der Waals surface area contributed by atoms with Crippen molar-refractivity contribution in [1.82, 2.24) is 19.4 Å². The molecule has 0 atom stereocenters. The Morgan fingerprint density at radius 1 is 0.974 bits per heavy atom. The Hall–Kier alpha value is -3.40. The fourth-order valence-corrected chi connectivity index (χ4v) is 6.82. The van der Waals surface area contributed by atoms with Gasteiger partial charge in [-0.05, 0) is 41.8 Å². The van der Waals surface area contributed by atoms with Gasteiger partial charge in [0.25, 0.3) is 5.56 Å². The SMILES string of the molecule is COc1ccccc1N1CCN(CCn2cnc3sc4c(c3c2=O)CCN(Cc2ccc(N)cc2)C4)CC1. The predicted octanol–water partition coefficient (Wildman–Crippen LogP) is 3.43. The van der Waals surface area contributed by atoms with Gasteiger partial charge >= 0.3 is 0 Å². The fraction of sp³-hybridized carbons (Fsp3) is 0.379. The number of anilines is 2. The molecule has 0 unspecified atom stereocenters. The van der Waals surface area contributed by atoms with Crippen LogP contribution in [0, 0.1) is 0 Å². The van der Waals surface area contributed by atoms with Gasteiger partial charge in [0.2, 0.25) is 0 Å². The molecule has 0 spiro atoms. The highest BCUT2D eigenvalue weighted by molar-refractivity contribution is 7.18. The highest BCUT2D eigenvalue weighted by Gasteiger charge is 2.24. The molecule has 1 fully saturated rings. The number of para-hydroxylation sites is 2. The molecule has 2 aliphatic heterocycles. The van der Waals surface area contributed by atoms with Crippen molar-refractivity contribution < 1.29 is 4.74 Å². The molecule has 0 saturated carbocycles. The molecular weight excluding hydrogens is 496 g/mol. The first-order chi connectivity index (χ1) is 18.6. The fourth-order valence-electron chi connectivity index (χ4n) is 5.60. The Labute approximate surface area is 226 Å². The summed E-state index contributed by atoms with van der Waals surface area (Å²) >= 11 is 1.67. The van der Waals surface area contributed by atoms with Crippen LogP contribution >= 0.6 is 11.3 Å². The summed E-state index contributed by atoms with van der Waals surface area (Å²) in [5.74, 6) is 0.916. The minimum atomic E-state index is 0.104. The number of rotatable bonds is 7. The lowest BCUT2D eigenvalue weighted by Gasteiger charge is -2.36. The molecule has 38 heavy (non-hydrogen) atoms. The van der Waals surface area contributed by atoms with E-state index in [0.29, 0.717) is 6.54 Å². The molecule has 2 N–H and O–H groups in total. The number of benzene rings is 2. The molecule has 6 rings (SSSR count). The zero-order valence-corrected chi connectivity index (χ0v) is 22.6. The van der Waals surface area contributed by atoms with Crippen molar-refractivity contribution in [3.05, 3.63) is 81.2 Å². The van der Waals surface area contributed by atoms with Crippen molar-refractivity contribution >= 4 is 32.9 Å². The maximum Gasteiger partial charge on any atom is 0.262 e. The number of nitrogens with zero attached hydrogens (tertiary/aromatic N) is 5. The number of piperazine rings is 1. The number of methoxy groups -OCH3 is 1. The molecule has 198 valence electrons. The number of hydrogen-bond acceptors (Lipinski definition) is 8. The summed E-state index contributed by atoms with van der Waals surface area (Å²) in [7, 11) is 1.72. The van der Waals surface area contributed by atoms with E-state index < -0.39 is 0 Å². The minimum Gasteiger partial charge on any atom is -0.495 e. The summed E-state index contributed by atoms with van der Waals surface area (Å²) in [6, 6.07) is 16.3. The van der Waals surface area contributed by atoms with Gasteiger partial charge in [0.05, 0.1) is 24.5 Å². The van der Waals surface area contributed by atoms with Gasteiger partial charge in [-0.1, -0.05) is 24.3 Å². The second-order valence-electron chi connectivity index (χ2n) is 10.1. The maximum atomic E-state index is 13.5. The molecule has 0 radical (unpaired) electrons. The predicted molar refractivity (Wildman–Crippen MR) is 154 cm³/mol. The number of hydrogen-bond donors (Lipinski definition) is 1. The average Bonchev–Trinajstić information content (AvgIpc) is 3.33. The van der Waals surface area contributed by atoms with E-state index in [4.69, 9.17) is 15.5 Å². The first-order valence-corrected chi connectivity index (χ1v) is 14.1. The lowest BCUT2D eigenvalue weighted by molar-refractivity contribution is 0.246. The molecule has 4 heterocycles. The van der Waals surface area contributed by atoms with Gasteiger partial charge in [0.1, 0.15) is 10.6 Å². The highest BCUT2D eigenvalue weighted by atomic mass is 32.1. The second kappa shape index (κ2) is 10.8. The molecule has 0 bridgehead atoms. The van der Waals surface area contributed by atoms with Crippen LogP contribution in [-0.4, -0.2) is 65.7 Å². The Morgan fingerprint density at radius 3 is 2.55 bits per heavy atom. The monoisotopic (exact) mass is 530 g/mol. The summed E-state index contributed by atoms with van der Waals surface area (Å²) in [5.41, 5.74) is 10.3. The Balaban J connectivity index is 1.10. The van der Waals surface area contributed by atoms with Crippen LogP contribution in [0.15, 0.2) is 59.7 Å². The van der Waals surface area contributed by atoms with Crippen LogP contribution in [-0.2, 0) is 26.1 Å². The van der Waals surface area contributed by atoms with Crippen LogP contribution in [0.3, 0.4) is 0 Å². The molecule has 0 aliphatic carbocycles. The zero-order valence-electron chi connectivity index (χ0n) is 21.8. The highest BCUT2D eigenvalue weighted by Crippen LogP contribution is 2.33. The lowest BCUT2D eigenvalue weighted by Crippen LogP contribution is -2.47. The topological polar surface area (TPSA) is 79.9 Å². The van der Waals surface area contributed by atoms with E-state index in [-0.39, 0.29) is 5.56 Å². The third-order valence-corrected chi connectivity index (χ3v) is 8.87. The smallest absolute Gasteiger partial charge is 0.262 e. The number of thiophene rings is 1. The average molecular weight is 531 g/mol. The van der Waals surface area contributed by atoms with Crippen molar-refractivity contribution in [3.8, 4) is 5.75 Å². The van der Waals surface area contributed by atoms with Gasteiger partial charge in [-0.15, -0.1) is 11.3 Å². The van der Waals surface area contributed by atoms with Crippen molar-refractivity contribution in [2.24, 2.45) is 0 Å². The van der Waals surface area contributed by atoms with Crippen molar-refractivity contribution in [1.29, 1.82) is 0 Å². The molecule has 8 nitrogen and oxygen atoms in total. The van der Waals surface area contributed by atoms with Crippen molar-refractivity contribution in [2.75, 3.05) is 57.0 Å². The van der Waals surface area contributed by atoms with Gasteiger partial charge in [-0.2, -0.15) is 0 Å². The van der Waals surface area contributed by atoms with Crippen LogP contribution in [0.4, 0.5) is 11.4 Å². The quantitative estimate of drug-likeness (QED) is 0.367. The minimum absolute atomic E-state index is 0.104. The summed E-state index contributed by atoms with van der Waals surface area (Å²) < 4.78 is 7.35. The molecule has 2 aromatic heterocycles. The van der Waals surface area contributed by atoms with E-state index in [1.54, 1.807) is 24.8 Å². The number of ether oxygens (including phenoxy) is 1. The van der Waals surface area contributed by atoms with Crippen molar-refractivity contribution in [2.45, 2.75) is 26.1 Å². The number of fused-ring (bicyclic) bond motifs is 3. The molecule has 0 amide bonds.